The molecule has 1 N–H and O–H groups in total. The Labute approximate surface area is 76.8 Å². The topological polar surface area (TPSA) is 52.5 Å². The van der Waals surface area contributed by atoms with E-state index >= 15 is 0 Å². The zero-order valence-corrected chi connectivity index (χ0v) is 7.13. The number of hydrogen-bond acceptors (Lipinski definition) is 2. The maximum atomic E-state index is 8.65. The fraction of sp³-hybridized carbons (Fsp3) is 0.111. The van der Waals surface area contributed by atoms with Crippen LogP contribution in [0, 0.1) is 18.3 Å². The lowest BCUT2D eigenvalue weighted by atomic mass is 9.93. The molecular weight excluding hydrogens is 161 g/mol. The summed E-state index contributed by atoms with van der Waals surface area (Å²) in [6.45, 7) is 1.92. The van der Waals surface area contributed by atoms with Crippen LogP contribution in [0.4, 0.5) is 0 Å². The van der Waals surface area contributed by atoms with Crippen molar-refractivity contribution in [2.75, 3.05) is 0 Å². The van der Waals surface area contributed by atoms with E-state index in [2.05, 4.69) is 9.97 Å². The molecule has 0 saturated heterocycles. The first kappa shape index (κ1) is 7.87. The van der Waals surface area contributed by atoms with Crippen molar-refractivity contribution in [1.29, 1.82) is 5.26 Å². The van der Waals surface area contributed by atoms with Crippen LogP contribution in [0.2, 0.25) is 0 Å². The van der Waals surface area contributed by atoms with Crippen molar-refractivity contribution in [1.82, 2.24) is 9.97 Å². The molecule has 0 atom stereocenters. The van der Waals surface area contributed by atoms with Crippen LogP contribution in [0.1, 0.15) is 11.4 Å². The van der Waals surface area contributed by atoms with Gasteiger partial charge in [0.2, 0.25) is 0 Å². The molecule has 2 radical (unpaired) electrons. The van der Waals surface area contributed by atoms with Gasteiger partial charge in [0.25, 0.3) is 0 Å². The van der Waals surface area contributed by atoms with Gasteiger partial charge in [0.1, 0.15) is 25.3 Å². The third kappa shape index (κ3) is 1.18. The van der Waals surface area contributed by atoms with Crippen molar-refractivity contribution in [3.8, 4) is 6.07 Å². The van der Waals surface area contributed by atoms with Crippen LogP contribution in [0.5, 0.6) is 0 Å². The summed E-state index contributed by atoms with van der Waals surface area (Å²) >= 11 is 0. The summed E-state index contributed by atoms with van der Waals surface area (Å²) in [4.78, 5) is 7.11. The van der Waals surface area contributed by atoms with E-state index in [9.17, 15) is 0 Å². The van der Waals surface area contributed by atoms with Crippen LogP contribution < -0.4 is 5.46 Å². The van der Waals surface area contributed by atoms with Gasteiger partial charge in [0.05, 0.1) is 0 Å². The van der Waals surface area contributed by atoms with E-state index in [0.29, 0.717) is 16.8 Å². The highest BCUT2D eigenvalue weighted by molar-refractivity contribution is 6.38. The Morgan fingerprint density at radius 3 is 3.00 bits per heavy atom. The molecule has 0 aliphatic rings. The molecule has 3 nitrogen and oxygen atoms in total. The number of H-pyrrole nitrogens is 1. The minimum absolute atomic E-state index is 0.340. The number of rotatable bonds is 0. The molecule has 0 fully saturated rings. The van der Waals surface area contributed by atoms with Gasteiger partial charge in [-0.1, -0.05) is 5.46 Å². The van der Waals surface area contributed by atoms with E-state index in [0.717, 1.165) is 11.1 Å². The van der Waals surface area contributed by atoms with Crippen molar-refractivity contribution in [3.05, 3.63) is 23.5 Å². The Bertz CT molecular complexity index is 507. The summed E-state index contributed by atoms with van der Waals surface area (Å²) in [5, 5.41) is 9.52. The number of fused-ring (bicyclic) bond motifs is 1. The zero-order valence-electron chi connectivity index (χ0n) is 7.13. The largest absolute Gasteiger partial charge is 0.344 e. The van der Waals surface area contributed by atoms with E-state index in [-0.39, 0.29) is 0 Å². The second kappa shape index (κ2) is 2.63. The number of nitrogens with one attached hydrogen (secondary N) is 1. The van der Waals surface area contributed by atoms with Crippen molar-refractivity contribution < 1.29 is 0 Å². The van der Waals surface area contributed by atoms with Crippen molar-refractivity contribution >= 4 is 24.3 Å². The van der Waals surface area contributed by atoms with Crippen LogP contribution in [-0.4, -0.2) is 17.8 Å². The van der Waals surface area contributed by atoms with Crippen molar-refractivity contribution in [2.24, 2.45) is 0 Å². The summed E-state index contributed by atoms with van der Waals surface area (Å²) < 4.78 is 0. The minimum Gasteiger partial charge on any atom is -0.344 e. The van der Waals surface area contributed by atoms with Crippen molar-refractivity contribution in [2.45, 2.75) is 6.92 Å². The molecule has 0 spiro atoms. The molecule has 2 aromatic heterocycles. The Kier molecular flexibility index (Phi) is 1.59. The molecule has 0 bridgehead atoms. The first-order valence-electron chi connectivity index (χ1n) is 3.86. The number of aromatic nitrogens is 2. The van der Waals surface area contributed by atoms with Gasteiger partial charge >= 0.3 is 0 Å². The molecule has 60 valence electrons. The lowest BCUT2D eigenvalue weighted by molar-refractivity contribution is 1.23. The molecule has 2 rings (SSSR count). The van der Waals surface area contributed by atoms with E-state index in [1.807, 2.05) is 19.1 Å². The molecule has 0 aliphatic carbocycles. The smallest absolute Gasteiger partial charge is 0.142 e. The van der Waals surface area contributed by atoms with Gasteiger partial charge in [0.15, 0.2) is 0 Å². The monoisotopic (exact) mass is 167 g/mol. The lowest BCUT2D eigenvalue weighted by Crippen LogP contribution is -2.05. The quantitative estimate of drug-likeness (QED) is 0.582. The highest BCUT2D eigenvalue weighted by Gasteiger charge is 2.03. The van der Waals surface area contributed by atoms with E-state index < -0.39 is 0 Å². The number of aryl methyl sites for hydroxylation is 1. The molecule has 0 saturated carbocycles. The Morgan fingerprint density at radius 1 is 1.54 bits per heavy atom. The molecule has 2 aromatic rings. The third-order valence-electron chi connectivity index (χ3n) is 1.88. The van der Waals surface area contributed by atoms with Gasteiger partial charge in [-0.2, -0.15) is 5.26 Å². The predicted octanol–water partition coefficient (Wildman–Crippen LogP) is 0.537. The maximum absolute atomic E-state index is 8.65. The third-order valence-corrected chi connectivity index (χ3v) is 1.88. The van der Waals surface area contributed by atoms with E-state index in [4.69, 9.17) is 13.1 Å². The minimum atomic E-state index is 0.340. The summed E-state index contributed by atoms with van der Waals surface area (Å²) in [7, 11) is 5.73. The van der Waals surface area contributed by atoms with Gasteiger partial charge in [-0.25, -0.2) is 4.98 Å². The van der Waals surface area contributed by atoms with E-state index in [1.165, 1.54) is 0 Å². The van der Waals surface area contributed by atoms with Crippen molar-refractivity contribution in [3.63, 3.8) is 0 Å². The molecule has 4 heteroatoms. The molecule has 0 unspecified atom stereocenters. The fourth-order valence-electron chi connectivity index (χ4n) is 1.32. The number of nitriles is 1. The van der Waals surface area contributed by atoms with Gasteiger partial charge in [0, 0.05) is 11.1 Å². The van der Waals surface area contributed by atoms with Crippen LogP contribution >= 0.6 is 0 Å². The molecule has 0 amide bonds. The number of hydrogen-bond donors (Lipinski definition) is 1. The highest BCUT2D eigenvalue weighted by Crippen LogP contribution is 2.10. The standard InChI is InChI=1S/C9H6BN3/c1-5-2-7-8(10)3-6(4-11)13-9(7)12-5/h2-3H,1H3,(H,12,13). The zero-order chi connectivity index (χ0) is 9.42. The Morgan fingerprint density at radius 2 is 2.31 bits per heavy atom. The summed E-state index contributed by atoms with van der Waals surface area (Å²) in [6, 6.07) is 5.45. The SMILES string of the molecule is [B]c1cc(C#N)nc2[nH]c(C)cc12. The van der Waals surface area contributed by atoms with Gasteiger partial charge in [-0.05, 0) is 19.1 Å². The van der Waals surface area contributed by atoms with Crippen LogP contribution in [0.3, 0.4) is 0 Å². The second-order valence-electron chi connectivity index (χ2n) is 2.92. The number of nitrogens with zero attached hydrogens (tertiary/aromatic N) is 2. The first-order chi connectivity index (χ1) is 6.20. The van der Waals surface area contributed by atoms with Gasteiger partial charge in [-0.15, -0.1) is 0 Å². The number of pyridine rings is 1. The maximum Gasteiger partial charge on any atom is 0.142 e. The second-order valence-corrected chi connectivity index (χ2v) is 2.92. The average molecular weight is 167 g/mol. The number of aromatic amines is 1. The Hall–Kier alpha value is -1.76. The van der Waals surface area contributed by atoms with Crippen LogP contribution in [0.25, 0.3) is 11.0 Å². The first-order valence-corrected chi connectivity index (χ1v) is 3.86. The molecular formula is C9H6BN3. The fourth-order valence-corrected chi connectivity index (χ4v) is 1.32. The summed E-state index contributed by atoms with van der Waals surface area (Å²) in [6.07, 6.45) is 0. The van der Waals surface area contributed by atoms with Crippen LogP contribution in [0.15, 0.2) is 12.1 Å². The average Bonchev–Trinajstić information content (AvgIpc) is 2.46. The lowest BCUT2D eigenvalue weighted by Gasteiger charge is -1.95. The molecule has 0 aromatic carbocycles. The van der Waals surface area contributed by atoms with Crippen LogP contribution in [-0.2, 0) is 0 Å². The normalized spacial score (nSPS) is 10.2. The Balaban J connectivity index is 2.85. The summed E-state index contributed by atoms with van der Waals surface area (Å²) in [5.41, 5.74) is 2.59. The molecule has 13 heavy (non-hydrogen) atoms. The van der Waals surface area contributed by atoms with E-state index in [1.54, 1.807) is 6.07 Å². The van der Waals surface area contributed by atoms with Gasteiger partial charge < -0.3 is 4.98 Å². The molecule has 0 aliphatic heterocycles. The van der Waals surface area contributed by atoms with Gasteiger partial charge in [-0.3, -0.25) is 0 Å². The summed E-state index contributed by atoms with van der Waals surface area (Å²) in [5.74, 6) is 0. The molecule has 2 heterocycles. The predicted molar refractivity (Wildman–Crippen MR) is 50.9 cm³/mol. The highest BCUT2D eigenvalue weighted by atomic mass is 14.9.